The number of hydrogen-bond acceptors (Lipinski definition) is 3. The van der Waals surface area contributed by atoms with Crippen LogP contribution in [0.1, 0.15) is 30.1 Å². The number of hydrogen-bond donors (Lipinski definition) is 0. The summed E-state index contributed by atoms with van der Waals surface area (Å²) >= 11 is 1.66. The van der Waals surface area contributed by atoms with Crippen molar-refractivity contribution in [2.45, 2.75) is 31.1 Å². The van der Waals surface area contributed by atoms with Crippen molar-refractivity contribution in [3.05, 3.63) is 29.8 Å². The van der Waals surface area contributed by atoms with Crippen molar-refractivity contribution in [2.24, 2.45) is 0 Å². The maximum Gasteiger partial charge on any atom is 0.387 e. The molecule has 1 aromatic carbocycles. The minimum Gasteiger partial charge on any atom is -0.435 e. The van der Waals surface area contributed by atoms with Crippen LogP contribution in [-0.4, -0.2) is 22.9 Å². The lowest BCUT2D eigenvalue weighted by molar-refractivity contribution is -0.0498. The van der Waals surface area contributed by atoms with Crippen LogP contribution >= 0.6 is 11.8 Å². The molecule has 1 aliphatic heterocycles. The summed E-state index contributed by atoms with van der Waals surface area (Å²) < 4.78 is 27.9. The first-order valence-electron chi connectivity index (χ1n) is 5.75. The molecule has 1 saturated heterocycles. The number of rotatable bonds is 4. The van der Waals surface area contributed by atoms with Gasteiger partial charge in [0.2, 0.25) is 0 Å². The van der Waals surface area contributed by atoms with Gasteiger partial charge in [0, 0.05) is 5.56 Å². The van der Waals surface area contributed by atoms with E-state index >= 15 is 0 Å². The van der Waals surface area contributed by atoms with Crippen molar-refractivity contribution in [1.82, 2.24) is 0 Å². The highest BCUT2D eigenvalue weighted by Gasteiger charge is 2.37. The fourth-order valence-electron chi connectivity index (χ4n) is 2.05. The molecule has 0 saturated carbocycles. The molecule has 1 aromatic rings. The molecule has 18 heavy (non-hydrogen) atoms. The molecule has 1 heterocycles. The van der Waals surface area contributed by atoms with E-state index in [1.165, 1.54) is 12.1 Å². The van der Waals surface area contributed by atoms with Crippen LogP contribution < -0.4 is 4.74 Å². The summed E-state index contributed by atoms with van der Waals surface area (Å²) in [4.78, 5) is 12.3. The van der Waals surface area contributed by atoms with E-state index in [2.05, 4.69) is 4.74 Å². The molecule has 2 rings (SSSR count). The molecule has 0 aliphatic carbocycles. The van der Waals surface area contributed by atoms with Crippen molar-refractivity contribution in [3.63, 3.8) is 0 Å². The Kier molecular flexibility index (Phi) is 3.90. The van der Waals surface area contributed by atoms with Crippen LogP contribution in [0.4, 0.5) is 8.78 Å². The number of alkyl halides is 2. The summed E-state index contributed by atoms with van der Waals surface area (Å²) in [6.07, 6.45) is 1.91. The quantitative estimate of drug-likeness (QED) is 0.781. The molecule has 1 unspecified atom stereocenters. The second-order valence-corrected chi connectivity index (χ2v) is 6.01. The summed E-state index contributed by atoms with van der Waals surface area (Å²) in [5.41, 5.74) is 0.550. The van der Waals surface area contributed by atoms with Crippen LogP contribution in [0.3, 0.4) is 0 Å². The van der Waals surface area contributed by atoms with E-state index in [1.807, 2.05) is 6.92 Å². The molecule has 0 N–H and O–H groups in total. The zero-order valence-corrected chi connectivity index (χ0v) is 10.8. The number of halogens is 2. The van der Waals surface area contributed by atoms with Gasteiger partial charge in [0.05, 0.1) is 4.75 Å². The highest BCUT2D eigenvalue weighted by atomic mass is 32.2. The standard InChI is InChI=1S/C13H14F2O2S/c1-13(7-2-8-18-13)11(16)9-3-5-10(6-4-9)17-12(14)15/h3-6,12H,2,7-8H2,1H3. The van der Waals surface area contributed by atoms with Gasteiger partial charge in [-0.1, -0.05) is 0 Å². The van der Waals surface area contributed by atoms with Gasteiger partial charge in [-0.3, -0.25) is 4.79 Å². The number of ether oxygens (including phenoxy) is 1. The molecule has 1 aliphatic rings. The number of benzene rings is 1. The Bertz CT molecular complexity index is 425. The predicted molar refractivity (Wildman–Crippen MR) is 67.5 cm³/mol. The van der Waals surface area contributed by atoms with Crippen molar-refractivity contribution in [1.29, 1.82) is 0 Å². The summed E-state index contributed by atoms with van der Waals surface area (Å²) in [6, 6.07) is 5.90. The van der Waals surface area contributed by atoms with Crippen LogP contribution in [0.25, 0.3) is 0 Å². The fourth-order valence-corrected chi connectivity index (χ4v) is 3.33. The molecule has 5 heteroatoms. The number of carbonyl (C=O) groups is 1. The first kappa shape index (κ1) is 13.3. The van der Waals surface area contributed by atoms with Crippen LogP contribution in [0, 0.1) is 0 Å². The molecular weight excluding hydrogens is 258 g/mol. The number of ketones is 1. The molecule has 0 spiro atoms. The lowest BCUT2D eigenvalue weighted by atomic mass is 9.95. The van der Waals surface area contributed by atoms with Crippen LogP contribution in [0.2, 0.25) is 0 Å². The lowest BCUT2D eigenvalue weighted by Gasteiger charge is -2.20. The second-order valence-electron chi connectivity index (χ2n) is 4.41. The number of thioether (sulfide) groups is 1. The topological polar surface area (TPSA) is 26.3 Å². The van der Waals surface area contributed by atoms with E-state index in [0.717, 1.165) is 18.6 Å². The Labute approximate surface area is 109 Å². The monoisotopic (exact) mass is 272 g/mol. The molecular formula is C13H14F2O2S. The predicted octanol–water partition coefficient (Wildman–Crippen LogP) is 3.76. The molecule has 0 radical (unpaired) electrons. The Hall–Kier alpha value is -1.10. The van der Waals surface area contributed by atoms with E-state index in [9.17, 15) is 13.6 Å². The van der Waals surface area contributed by atoms with Gasteiger partial charge in [0.25, 0.3) is 0 Å². The van der Waals surface area contributed by atoms with E-state index in [4.69, 9.17) is 0 Å². The smallest absolute Gasteiger partial charge is 0.387 e. The van der Waals surface area contributed by atoms with Crippen LogP contribution in [0.5, 0.6) is 5.75 Å². The molecule has 1 fully saturated rings. The molecule has 0 aromatic heterocycles. The van der Waals surface area contributed by atoms with Gasteiger partial charge in [-0.15, -0.1) is 11.8 Å². The normalized spacial score (nSPS) is 23.3. The minimum atomic E-state index is -2.84. The third-order valence-electron chi connectivity index (χ3n) is 3.04. The average molecular weight is 272 g/mol. The highest BCUT2D eigenvalue weighted by Crippen LogP contribution is 2.40. The van der Waals surface area contributed by atoms with E-state index < -0.39 is 6.61 Å². The Morgan fingerprint density at radius 2 is 2.06 bits per heavy atom. The summed E-state index contributed by atoms with van der Waals surface area (Å²) in [7, 11) is 0. The second kappa shape index (κ2) is 5.26. The van der Waals surface area contributed by atoms with Crippen molar-refractivity contribution < 1.29 is 18.3 Å². The van der Waals surface area contributed by atoms with E-state index in [0.29, 0.717) is 5.56 Å². The molecule has 0 amide bonds. The van der Waals surface area contributed by atoms with Crippen molar-refractivity contribution in [3.8, 4) is 5.75 Å². The van der Waals surface area contributed by atoms with E-state index in [1.54, 1.807) is 23.9 Å². The highest BCUT2D eigenvalue weighted by molar-refractivity contribution is 8.01. The van der Waals surface area contributed by atoms with Gasteiger partial charge in [-0.25, -0.2) is 0 Å². The van der Waals surface area contributed by atoms with Crippen LogP contribution in [0.15, 0.2) is 24.3 Å². The zero-order valence-electron chi connectivity index (χ0n) is 9.99. The third-order valence-corrected chi connectivity index (χ3v) is 4.56. The van der Waals surface area contributed by atoms with Gasteiger partial charge < -0.3 is 4.74 Å². The largest absolute Gasteiger partial charge is 0.435 e. The Morgan fingerprint density at radius 3 is 2.56 bits per heavy atom. The molecule has 0 bridgehead atoms. The maximum absolute atomic E-state index is 12.3. The van der Waals surface area contributed by atoms with Gasteiger partial charge in [-0.05, 0) is 49.8 Å². The zero-order chi connectivity index (χ0) is 13.2. The lowest BCUT2D eigenvalue weighted by Crippen LogP contribution is -2.28. The summed E-state index contributed by atoms with van der Waals surface area (Å²) in [5, 5.41) is 0. The Balaban J connectivity index is 2.12. The van der Waals surface area contributed by atoms with E-state index in [-0.39, 0.29) is 16.3 Å². The average Bonchev–Trinajstić information content (AvgIpc) is 2.77. The van der Waals surface area contributed by atoms with Gasteiger partial charge in [0.15, 0.2) is 5.78 Å². The third kappa shape index (κ3) is 2.83. The summed E-state index contributed by atoms with van der Waals surface area (Å²) in [5.74, 6) is 1.13. The molecule has 98 valence electrons. The van der Waals surface area contributed by atoms with Crippen LogP contribution in [-0.2, 0) is 0 Å². The van der Waals surface area contributed by atoms with Gasteiger partial charge >= 0.3 is 6.61 Å². The molecule has 2 nitrogen and oxygen atoms in total. The summed E-state index contributed by atoms with van der Waals surface area (Å²) in [6.45, 7) is -0.897. The van der Waals surface area contributed by atoms with Crippen molar-refractivity contribution >= 4 is 17.5 Å². The fraction of sp³-hybridized carbons (Fsp3) is 0.462. The Morgan fingerprint density at radius 1 is 1.39 bits per heavy atom. The van der Waals surface area contributed by atoms with Gasteiger partial charge in [0.1, 0.15) is 5.75 Å². The van der Waals surface area contributed by atoms with Gasteiger partial charge in [-0.2, -0.15) is 8.78 Å². The molecule has 1 atom stereocenters. The first-order chi connectivity index (χ1) is 8.51. The minimum absolute atomic E-state index is 0.0635. The number of Topliss-reactive ketones (excluding diaryl/α,β-unsaturated/α-hetero) is 1. The number of carbonyl (C=O) groups excluding carboxylic acids is 1. The SMILES string of the molecule is CC1(C(=O)c2ccc(OC(F)F)cc2)CCCS1. The maximum atomic E-state index is 12.3. The first-order valence-corrected chi connectivity index (χ1v) is 6.73. The van der Waals surface area contributed by atoms with Crippen molar-refractivity contribution in [2.75, 3.05) is 5.75 Å².